The van der Waals surface area contributed by atoms with Crippen molar-refractivity contribution in [3.8, 4) is 0 Å². The van der Waals surface area contributed by atoms with E-state index in [2.05, 4.69) is 11.0 Å². The zero-order valence-corrected chi connectivity index (χ0v) is 10.4. The van der Waals surface area contributed by atoms with Gasteiger partial charge in [0.1, 0.15) is 0 Å². The molecule has 2 rings (SSSR count). The van der Waals surface area contributed by atoms with Crippen molar-refractivity contribution in [1.82, 2.24) is 4.90 Å². The lowest BCUT2D eigenvalue weighted by molar-refractivity contribution is 0.0999. The number of primary amides is 1. The van der Waals surface area contributed by atoms with Crippen LogP contribution >= 0.6 is 0 Å². The van der Waals surface area contributed by atoms with Gasteiger partial charge in [0.05, 0.1) is 0 Å². The monoisotopic (exact) mass is 232 g/mol. The molecule has 92 valence electrons. The molecule has 1 aromatic rings. The molecule has 0 atom stereocenters. The Bertz CT molecular complexity index is 409. The van der Waals surface area contributed by atoms with Crippen molar-refractivity contribution in [1.29, 1.82) is 0 Å². The number of hydrogen-bond acceptors (Lipinski definition) is 2. The van der Waals surface area contributed by atoms with Crippen LogP contribution in [0.25, 0.3) is 0 Å². The van der Waals surface area contributed by atoms with Crippen LogP contribution in [0.4, 0.5) is 0 Å². The summed E-state index contributed by atoms with van der Waals surface area (Å²) >= 11 is 0. The van der Waals surface area contributed by atoms with E-state index in [0.29, 0.717) is 5.56 Å². The summed E-state index contributed by atoms with van der Waals surface area (Å²) in [5, 5.41) is 0. The van der Waals surface area contributed by atoms with Crippen LogP contribution in [-0.4, -0.2) is 23.9 Å². The van der Waals surface area contributed by atoms with Gasteiger partial charge in [0.25, 0.3) is 0 Å². The van der Waals surface area contributed by atoms with E-state index in [1.165, 1.54) is 37.9 Å². The number of benzene rings is 1. The Hall–Kier alpha value is -1.35. The van der Waals surface area contributed by atoms with Crippen molar-refractivity contribution < 1.29 is 4.79 Å². The van der Waals surface area contributed by atoms with Crippen LogP contribution in [0.15, 0.2) is 18.2 Å². The van der Waals surface area contributed by atoms with Crippen LogP contribution in [0.1, 0.15) is 40.7 Å². The molecule has 0 unspecified atom stereocenters. The smallest absolute Gasteiger partial charge is 0.248 e. The molecule has 3 heteroatoms. The fourth-order valence-electron chi connectivity index (χ4n) is 2.48. The van der Waals surface area contributed by atoms with E-state index in [0.717, 1.165) is 12.1 Å². The van der Waals surface area contributed by atoms with Gasteiger partial charge in [-0.2, -0.15) is 0 Å². The van der Waals surface area contributed by atoms with Gasteiger partial charge in [-0.1, -0.05) is 18.6 Å². The van der Waals surface area contributed by atoms with Gasteiger partial charge in [-0.25, -0.2) is 0 Å². The number of hydrogen-bond donors (Lipinski definition) is 1. The first-order chi connectivity index (χ1) is 8.16. The highest BCUT2D eigenvalue weighted by Crippen LogP contribution is 2.15. The standard InChI is InChI=1S/C14H20N2O/c1-11-9-12(5-6-13(11)14(15)17)10-16-7-3-2-4-8-16/h5-6,9H,2-4,7-8,10H2,1H3,(H2,15,17). The second-order valence-corrected chi connectivity index (χ2v) is 4.85. The second kappa shape index (κ2) is 5.32. The number of piperidine rings is 1. The van der Waals surface area contributed by atoms with Gasteiger partial charge in [-0.05, 0) is 50.0 Å². The number of aryl methyl sites for hydroxylation is 1. The molecule has 1 aromatic carbocycles. The molecule has 1 fully saturated rings. The number of nitrogens with two attached hydrogens (primary N) is 1. The van der Waals surface area contributed by atoms with Gasteiger partial charge in [0.15, 0.2) is 0 Å². The predicted molar refractivity (Wildman–Crippen MR) is 68.8 cm³/mol. The molecule has 0 saturated carbocycles. The number of likely N-dealkylation sites (tertiary alicyclic amines) is 1. The quantitative estimate of drug-likeness (QED) is 0.867. The van der Waals surface area contributed by atoms with Crippen molar-refractivity contribution in [3.05, 3.63) is 34.9 Å². The maximum Gasteiger partial charge on any atom is 0.248 e. The molecule has 17 heavy (non-hydrogen) atoms. The average Bonchev–Trinajstić information content (AvgIpc) is 2.30. The van der Waals surface area contributed by atoms with Gasteiger partial charge >= 0.3 is 0 Å². The fourth-order valence-corrected chi connectivity index (χ4v) is 2.48. The Kier molecular flexibility index (Phi) is 3.79. The van der Waals surface area contributed by atoms with Crippen LogP contribution in [0.2, 0.25) is 0 Å². The Morgan fingerprint density at radius 1 is 1.29 bits per heavy atom. The fraction of sp³-hybridized carbons (Fsp3) is 0.500. The Labute approximate surface area is 103 Å². The summed E-state index contributed by atoms with van der Waals surface area (Å²) in [5.74, 6) is -0.341. The van der Waals surface area contributed by atoms with E-state index < -0.39 is 0 Å². The second-order valence-electron chi connectivity index (χ2n) is 4.85. The van der Waals surface area contributed by atoms with Gasteiger partial charge in [-0.15, -0.1) is 0 Å². The summed E-state index contributed by atoms with van der Waals surface area (Å²) < 4.78 is 0. The molecular weight excluding hydrogens is 212 g/mol. The topological polar surface area (TPSA) is 46.3 Å². The molecule has 0 bridgehead atoms. The lowest BCUT2D eigenvalue weighted by Gasteiger charge is -2.26. The molecule has 2 N–H and O–H groups in total. The van der Waals surface area contributed by atoms with E-state index in [9.17, 15) is 4.79 Å². The maximum atomic E-state index is 11.1. The van der Waals surface area contributed by atoms with E-state index >= 15 is 0 Å². The predicted octanol–water partition coefficient (Wildman–Crippen LogP) is 2.08. The Morgan fingerprint density at radius 3 is 2.59 bits per heavy atom. The zero-order chi connectivity index (χ0) is 12.3. The third-order valence-electron chi connectivity index (χ3n) is 3.41. The third kappa shape index (κ3) is 3.07. The summed E-state index contributed by atoms with van der Waals surface area (Å²) in [4.78, 5) is 13.6. The molecule has 1 amide bonds. The molecule has 1 saturated heterocycles. The summed E-state index contributed by atoms with van der Waals surface area (Å²) in [5.41, 5.74) is 8.18. The summed E-state index contributed by atoms with van der Waals surface area (Å²) in [7, 11) is 0. The zero-order valence-electron chi connectivity index (χ0n) is 10.4. The van der Waals surface area contributed by atoms with Crippen molar-refractivity contribution in [2.45, 2.75) is 32.7 Å². The van der Waals surface area contributed by atoms with Gasteiger partial charge in [0.2, 0.25) is 5.91 Å². The highest BCUT2D eigenvalue weighted by molar-refractivity contribution is 5.94. The minimum Gasteiger partial charge on any atom is -0.366 e. The first-order valence-corrected chi connectivity index (χ1v) is 6.28. The van der Waals surface area contributed by atoms with E-state index in [4.69, 9.17) is 5.73 Å². The van der Waals surface area contributed by atoms with Crippen LogP contribution in [0.3, 0.4) is 0 Å². The number of nitrogens with zero attached hydrogens (tertiary/aromatic N) is 1. The van der Waals surface area contributed by atoms with Crippen LogP contribution in [0, 0.1) is 6.92 Å². The molecule has 0 spiro atoms. The van der Waals surface area contributed by atoms with Crippen LogP contribution in [-0.2, 0) is 6.54 Å². The van der Waals surface area contributed by atoms with Crippen LogP contribution < -0.4 is 5.73 Å². The minimum atomic E-state index is -0.341. The van der Waals surface area contributed by atoms with Crippen LogP contribution in [0.5, 0.6) is 0 Å². The van der Waals surface area contributed by atoms with Gasteiger partial charge in [-0.3, -0.25) is 9.69 Å². The highest BCUT2D eigenvalue weighted by Gasteiger charge is 2.11. The lowest BCUT2D eigenvalue weighted by Crippen LogP contribution is -2.29. The van der Waals surface area contributed by atoms with E-state index in [1.54, 1.807) is 0 Å². The van der Waals surface area contributed by atoms with Crippen molar-refractivity contribution in [3.63, 3.8) is 0 Å². The molecule has 0 aromatic heterocycles. The van der Waals surface area contributed by atoms with Crippen molar-refractivity contribution in [2.75, 3.05) is 13.1 Å². The molecular formula is C14H20N2O. The molecule has 0 radical (unpaired) electrons. The number of carbonyl (C=O) groups excluding carboxylic acids is 1. The molecule has 1 heterocycles. The first kappa shape index (κ1) is 12.1. The maximum absolute atomic E-state index is 11.1. The largest absolute Gasteiger partial charge is 0.366 e. The van der Waals surface area contributed by atoms with Crippen molar-refractivity contribution in [2.24, 2.45) is 5.73 Å². The number of rotatable bonds is 3. The normalized spacial score (nSPS) is 17.0. The minimum absolute atomic E-state index is 0.341. The van der Waals surface area contributed by atoms with Gasteiger partial charge < -0.3 is 5.73 Å². The van der Waals surface area contributed by atoms with Gasteiger partial charge in [0, 0.05) is 12.1 Å². The third-order valence-corrected chi connectivity index (χ3v) is 3.41. The van der Waals surface area contributed by atoms with Crippen molar-refractivity contribution >= 4 is 5.91 Å². The number of carbonyl (C=O) groups is 1. The van der Waals surface area contributed by atoms with E-state index in [-0.39, 0.29) is 5.91 Å². The summed E-state index contributed by atoms with van der Waals surface area (Å²) in [6.45, 7) is 5.31. The highest BCUT2D eigenvalue weighted by atomic mass is 16.1. The SMILES string of the molecule is Cc1cc(CN2CCCCC2)ccc1C(N)=O. The molecule has 0 aliphatic carbocycles. The Morgan fingerprint density at radius 2 is 2.00 bits per heavy atom. The molecule has 3 nitrogen and oxygen atoms in total. The average molecular weight is 232 g/mol. The summed E-state index contributed by atoms with van der Waals surface area (Å²) in [6.07, 6.45) is 3.97. The van der Waals surface area contributed by atoms with E-state index in [1.807, 2.05) is 19.1 Å². The molecule has 1 aliphatic heterocycles. The Balaban J connectivity index is 2.06. The summed E-state index contributed by atoms with van der Waals surface area (Å²) in [6, 6.07) is 5.94. The first-order valence-electron chi connectivity index (χ1n) is 6.28. The molecule has 1 aliphatic rings. The number of amides is 1. The lowest BCUT2D eigenvalue weighted by atomic mass is 10.0.